The third kappa shape index (κ3) is 3.77. The lowest BCUT2D eigenvalue weighted by Gasteiger charge is -2.41. The molecule has 1 aromatic carbocycles. The summed E-state index contributed by atoms with van der Waals surface area (Å²) in [4.78, 5) is 28.3. The van der Waals surface area contributed by atoms with Crippen molar-refractivity contribution in [2.45, 2.75) is 44.7 Å². The normalized spacial score (nSPS) is 25.8. The Hall–Kier alpha value is -2.12. The summed E-state index contributed by atoms with van der Waals surface area (Å²) in [5, 5.41) is 8.99. The zero-order valence-electron chi connectivity index (χ0n) is 14.3. The van der Waals surface area contributed by atoms with E-state index in [0.29, 0.717) is 26.0 Å². The van der Waals surface area contributed by atoms with Gasteiger partial charge in [-0.15, -0.1) is 0 Å². The van der Waals surface area contributed by atoms with E-state index in [1.807, 2.05) is 30.3 Å². The summed E-state index contributed by atoms with van der Waals surface area (Å²) in [6, 6.07) is 8.81. The number of nitrogens with zero attached hydrogens (tertiary/aromatic N) is 2. The fraction of sp³-hybridized carbons (Fsp3) is 0.556. The van der Waals surface area contributed by atoms with Crippen LogP contribution in [0.5, 0.6) is 0 Å². The van der Waals surface area contributed by atoms with E-state index in [2.05, 4.69) is 0 Å². The molecule has 2 fully saturated rings. The molecule has 7 heteroatoms. The number of piperazine rings is 1. The predicted octanol–water partition coefficient (Wildman–Crippen LogP) is 1.35. The first kappa shape index (κ1) is 17.7. The molecule has 0 spiro atoms. The van der Waals surface area contributed by atoms with Crippen LogP contribution in [0.25, 0.3) is 0 Å². The van der Waals surface area contributed by atoms with Crippen molar-refractivity contribution >= 4 is 12.0 Å². The van der Waals surface area contributed by atoms with E-state index in [1.54, 1.807) is 11.8 Å². The Bertz CT molecular complexity index is 609. The molecule has 0 aromatic heterocycles. The second-order valence-electron chi connectivity index (χ2n) is 6.42. The molecular weight excluding hydrogens is 324 g/mol. The van der Waals surface area contributed by atoms with Gasteiger partial charge in [-0.3, -0.25) is 9.69 Å². The van der Waals surface area contributed by atoms with Gasteiger partial charge in [-0.25, -0.2) is 4.79 Å². The molecule has 1 aromatic rings. The van der Waals surface area contributed by atoms with E-state index in [0.717, 1.165) is 5.56 Å². The molecule has 0 aliphatic carbocycles. The van der Waals surface area contributed by atoms with E-state index in [4.69, 9.17) is 14.6 Å². The molecule has 2 saturated heterocycles. The number of hydrogen-bond acceptors (Lipinski definition) is 5. The van der Waals surface area contributed by atoms with E-state index in [9.17, 15) is 9.59 Å². The van der Waals surface area contributed by atoms with E-state index in [1.165, 1.54) is 4.90 Å². The lowest BCUT2D eigenvalue weighted by molar-refractivity contribution is -0.151. The van der Waals surface area contributed by atoms with Crippen molar-refractivity contribution in [3.8, 4) is 0 Å². The van der Waals surface area contributed by atoms with Gasteiger partial charge in [-0.1, -0.05) is 30.3 Å². The average Bonchev–Trinajstić information content (AvgIpc) is 3.04. The molecule has 136 valence electrons. The van der Waals surface area contributed by atoms with Crippen molar-refractivity contribution in [3.05, 3.63) is 35.9 Å². The zero-order chi connectivity index (χ0) is 17.8. The minimum absolute atomic E-state index is 0.0328. The Balaban J connectivity index is 1.61. The third-order valence-electron chi connectivity index (χ3n) is 4.75. The Morgan fingerprint density at radius 1 is 1.36 bits per heavy atom. The molecule has 2 amide bonds. The van der Waals surface area contributed by atoms with Crippen LogP contribution in [0.2, 0.25) is 0 Å². The largest absolute Gasteiger partial charge is 0.445 e. The van der Waals surface area contributed by atoms with Crippen molar-refractivity contribution in [1.29, 1.82) is 0 Å². The number of benzene rings is 1. The molecule has 0 saturated carbocycles. The summed E-state index contributed by atoms with van der Waals surface area (Å²) >= 11 is 0. The molecule has 1 unspecified atom stereocenters. The number of carbonyl (C=O) groups excluding carboxylic acids is 2. The molecule has 0 bridgehead atoms. The number of aliphatic hydroxyl groups excluding tert-OH is 1. The number of hydrogen-bond donors (Lipinski definition) is 1. The number of aliphatic hydroxyl groups is 1. The van der Waals surface area contributed by atoms with Crippen LogP contribution in [-0.2, 0) is 20.9 Å². The molecule has 7 nitrogen and oxygen atoms in total. The number of fused-ring (bicyclic) bond motifs is 1. The highest BCUT2D eigenvalue weighted by molar-refractivity contribution is 5.87. The van der Waals surface area contributed by atoms with Crippen molar-refractivity contribution < 1.29 is 24.2 Å². The van der Waals surface area contributed by atoms with E-state index < -0.39 is 18.4 Å². The summed E-state index contributed by atoms with van der Waals surface area (Å²) in [5.41, 5.74) is 0.898. The fourth-order valence-corrected chi connectivity index (χ4v) is 3.34. The van der Waals surface area contributed by atoms with Crippen LogP contribution in [-0.4, -0.2) is 65.0 Å². The van der Waals surface area contributed by atoms with Crippen LogP contribution in [0.3, 0.4) is 0 Å². The summed E-state index contributed by atoms with van der Waals surface area (Å²) in [7, 11) is 0. The number of ether oxygens (including phenoxy) is 2. The van der Waals surface area contributed by atoms with Crippen LogP contribution in [0.1, 0.15) is 25.3 Å². The maximum absolute atomic E-state index is 12.7. The Kier molecular flexibility index (Phi) is 5.55. The highest BCUT2D eigenvalue weighted by Gasteiger charge is 2.47. The lowest BCUT2D eigenvalue weighted by atomic mass is 10.1. The molecule has 25 heavy (non-hydrogen) atoms. The Morgan fingerprint density at radius 2 is 2.12 bits per heavy atom. The van der Waals surface area contributed by atoms with Gasteiger partial charge in [0.25, 0.3) is 0 Å². The third-order valence-corrected chi connectivity index (χ3v) is 4.75. The van der Waals surface area contributed by atoms with Crippen LogP contribution < -0.4 is 0 Å². The molecule has 2 aliphatic rings. The SMILES string of the molecule is C[C@H]1C(=O)N2C(CN1C(=O)OCc1ccccc1)OC[C@@H]2CCCO. The second kappa shape index (κ2) is 7.84. The van der Waals surface area contributed by atoms with Gasteiger partial charge in [0.2, 0.25) is 5.91 Å². The van der Waals surface area contributed by atoms with Gasteiger partial charge >= 0.3 is 6.09 Å². The van der Waals surface area contributed by atoms with Gasteiger partial charge in [-0.05, 0) is 25.3 Å². The van der Waals surface area contributed by atoms with Crippen LogP contribution in [0.15, 0.2) is 30.3 Å². The highest BCUT2D eigenvalue weighted by Crippen LogP contribution is 2.28. The van der Waals surface area contributed by atoms with Crippen molar-refractivity contribution in [2.75, 3.05) is 19.8 Å². The number of rotatable bonds is 5. The average molecular weight is 348 g/mol. The van der Waals surface area contributed by atoms with Crippen molar-refractivity contribution in [2.24, 2.45) is 0 Å². The topological polar surface area (TPSA) is 79.3 Å². The molecule has 0 radical (unpaired) electrons. The molecular formula is C18H24N2O5. The summed E-state index contributed by atoms with van der Waals surface area (Å²) in [6.45, 7) is 2.72. The van der Waals surface area contributed by atoms with E-state index in [-0.39, 0.29) is 25.2 Å². The van der Waals surface area contributed by atoms with Gasteiger partial charge in [0, 0.05) is 6.61 Å². The predicted molar refractivity (Wildman–Crippen MR) is 89.5 cm³/mol. The zero-order valence-corrected chi connectivity index (χ0v) is 14.3. The first-order valence-electron chi connectivity index (χ1n) is 8.63. The second-order valence-corrected chi connectivity index (χ2v) is 6.42. The first-order chi connectivity index (χ1) is 12.1. The van der Waals surface area contributed by atoms with Crippen LogP contribution in [0, 0.1) is 0 Å². The first-order valence-corrected chi connectivity index (χ1v) is 8.63. The number of amides is 2. The number of carbonyl (C=O) groups is 2. The monoisotopic (exact) mass is 348 g/mol. The maximum atomic E-state index is 12.7. The molecule has 2 heterocycles. The summed E-state index contributed by atoms with van der Waals surface area (Å²) in [6.07, 6.45) is 0.384. The molecule has 1 N–H and O–H groups in total. The Labute approximate surface area is 147 Å². The van der Waals surface area contributed by atoms with E-state index >= 15 is 0 Å². The minimum Gasteiger partial charge on any atom is -0.445 e. The van der Waals surface area contributed by atoms with Gasteiger partial charge in [0.05, 0.1) is 19.2 Å². The quantitative estimate of drug-likeness (QED) is 0.869. The van der Waals surface area contributed by atoms with Crippen LogP contribution >= 0.6 is 0 Å². The van der Waals surface area contributed by atoms with Gasteiger partial charge < -0.3 is 19.5 Å². The smallest absolute Gasteiger partial charge is 0.410 e. The van der Waals surface area contributed by atoms with Gasteiger partial charge in [0.15, 0.2) is 6.23 Å². The minimum atomic E-state index is -0.585. The highest BCUT2D eigenvalue weighted by atomic mass is 16.6. The molecule has 3 rings (SSSR count). The summed E-state index contributed by atoms with van der Waals surface area (Å²) in [5.74, 6) is -0.131. The standard InChI is InChI=1S/C18H24N2O5/c1-13-17(22)20-15(8-5-9-21)12-24-16(20)10-19(13)18(23)25-11-14-6-3-2-4-7-14/h2-4,6-7,13,15-16,21H,5,8-12H2,1H3/t13-,15-,16?/m0/s1. The lowest BCUT2D eigenvalue weighted by Crippen LogP contribution is -2.62. The maximum Gasteiger partial charge on any atom is 0.410 e. The van der Waals surface area contributed by atoms with Crippen molar-refractivity contribution in [3.63, 3.8) is 0 Å². The molecule has 2 aliphatic heterocycles. The van der Waals surface area contributed by atoms with Gasteiger partial charge in [-0.2, -0.15) is 0 Å². The Morgan fingerprint density at radius 3 is 2.84 bits per heavy atom. The molecule has 3 atom stereocenters. The van der Waals surface area contributed by atoms with Gasteiger partial charge in [0.1, 0.15) is 12.6 Å². The van der Waals surface area contributed by atoms with Crippen molar-refractivity contribution in [1.82, 2.24) is 9.80 Å². The summed E-state index contributed by atoms with van der Waals surface area (Å²) < 4.78 is 11.1. The van der Waals surface area contributed by atoms with Crippen LogP contribution in [0.4, 0.5) is 4.79 Å². The fourth-order valence-electron chi connectivity index (χ4n) is 3.34.